The minimum Gasteiger partial charge on any atom is -0.505 e. The molecule has 7 nitrogen and oxygen atoms in total. The minimum absolute atomic E-state index is 0.0738. The molecule has 0 aliphatic heterocycles. The average Bonchev–Trinajstić information content (AvgIpc) is 2.88. The molecule has 112 valence electrons. The smallest absolute Gasteiger partial charge is 0.212 e. The molecule has 0 saturated carbocycles. The SMILES string of the molecule is COc1cc(OC)c(-c2csc(N=C(N)N)n2)c(O)c1Cl. The molecule has 0 bridgehead atoms. The first-order valence-corrected chi connectivity index (χ1v) is 6.92. The van der Waals surface area contributed by atoms with Crippen LogP contribution in [0.4, 0.5) is 5.13 Å². The molecule has 0 unspecified atom stereocenters. The summed E-state index contributed by atoms with van der Waals surface area (Å²) in [5.74, 6) is 0.388. The summed E-state index contributed by atoms with van der Waals surface area (Å²) in [4.78, 5) is 8.06. The normalized spacial score (nSPS) is 10.2. The van der Waals surface area contributed by atoms with Crippen molar-refractivity contribution < 1.29 is 14.6 Å². The Hall–Kier alpha value is -2.19. The van der Waals surface area contributed by atoms with Gasteiger partial charge in [-0.2, -0.15) is 4.99 Å². The number of nitrogens with zero attached hydrogens (tertiary/aromatic N) is 2. The third-order valence-corrected chi connectivity index (χ3v) is 3.68. The maximum absolute atomic E-state index is 10.3. The van der Waals surface area contributed by atoms with Crippen molar-refractivity contribution in [3.63, 3.8) is 0 Å². The van der Waals surface area contributed by atoms with Gasteiger partial charge in [0.2, 0.25) is 5.13 Å². The Morgan fingerprint density at radius 3 is 2.57 bits per heavy atom. The number of rotatable bonds is 4. The van der Waals surface area contributed by atoms with E-state index in [1.807, 2.05) is 0 Å². The highest BCUT2D eigenvalue weighted by Gasteiger charge is 2.21. The number of ether oxygens (including phenoxy) is 2. The van der Waals surface area contributed by atoms with Crippen LogP contribution in [0.15, 0.2) is 16.4 Å². The van der Waals surface area contributed by atoms with Crippen molar-refractivity contribution in [1.29, 1.82) is 0 Å². The Bertz CT molecular complexity index is 698. The van der Waals surface area contributed by atoms with Gasteiger partial charge in [-0.15, -0.1) is 11.3 Å². The number of hydrogen-bond donors (Lipinski definition) is 3. The Labute approximate surface area is 129 Å². The van der Waals surface area contributed by atoms with Gasteiger partial charge < -0.3 is 26.0 Å². The van der Waals surface area contributed by atoms with E-state index in [1.165, 1.54) is 25.6 Å². The second kappa shape index (κ2) is 6.06. The fraction of sp³-hybridized carbons (Fsp3) is 0.167. The van der Waals surface area contributed by atoms with Gasteiger partial charge in [0.05, 0.1) is 25.5 Å². The number of methoxy groups -OCH3 is 2. The van der Waals surface area contributed by atoms with Crippen LogP contribution in [0.5, 0.6) is 17.2 Å². The van der Waals surface area contributed by atoms with E-state index < -0.39 is 0 Å². The first-order chi connectivity index (χ1) is 9.97. The monoisotopic (exact) mass is 328 g/mol. The lowest BCUT2D eigenvalue weighted by atomic mass is 10.1. The molecule has 2 aromatic rings. The van der Waals surface area contributed by atoms with E-state index in [-0.39, 0.29) is 16.7 Å². The van der Waals surface area contributed by atoms with Gasteiger partial charge in [-0.05, 0) is 0 Å². The highest BCUT2D eigenvalue weighted by molar-refractivity contribution is 7.13. The van der Waals surface area contributed by atoms with Crippen LogP contribution in [0, 0.1) is 0 Å². The summed E-state index contributed by atoms with van der Waals surface area (Å²) in [7, 11) is 2.91. The molecule has 21 heavy (non-hydrogen) atoms. The van der Waals surface area contributed by atoms with E-state index >= 15 is 0 Å². The molecule has 0 atom stereocenters. The number of hydrogen-bond acceptors (Lipinski definition) is 6. The van der Waals surface area contributed by atoms with Crippen LogP contribution in [0.25, 0.3) is 11.3 Å². The molecular formula is C12H13ClN4O3S. The molecule has 1 aromatic heterocycles. The molecule has 1 aromatic carbocycles. The molecule has 0 saturated heterocycles. The Kier molecular flexibility index (Phi) is 4.39. The van der Waals surface area contributed by atoms with Gasteiger partial charge in [0.1, 0.15) is 16.5 Å². The van der Waals surface area contributed by atoms with E-state index in [4.69, 9.17) is 32.5 Å². The van der Waals surface area contributed by atoms with E-state index in [0.29, 0.717) is 27.9 Å². The Morgan fingerprint density at radius 1 is 1.33 bits per heavy atom. The van der Waals surface area contributed by atoms with Gasteiger partial charge in [-0.1, -0.05) is 11.6 Å². The maximum Gasteiger partial charge on any atom is 0.212 e. The maximum atomic E-state index is 10.3. The van der Waals surface area contributed by atoms with E-state index in [2.05, 4.69) is 9.98 Å². The molecule has 0 fully saturated rings. The van der Waals surface area contributed by atoms with Crippen LogP contribution < -0.4 is 20.9 Å². The molecule has 0 aliphatic rings. The highest BCUT2D eigenvalue weighted by atomic mass is 35.5. The summed E-state index contributed by atoms with van der Waals surface area (Å²) in [5.41, 5.74) is 11.4. The molecule has 2 rings (SSSR count). The van der Waals surface area contributed by atoms with Crippen molar-refractivity contribution in [1.82, 2.24) is 4.98 Å². The molecule has 1 heterocycles. The summed E-state index contributed by atoms with van der Waals surface area (Å²) in [6.07, 6.45) is 0. The molecule has 0 aliphatic carbocycles. The molecule has 9 heteroatoms. The number of aromatic nitrogens is 1. The third-order valence-electron chi connectivity index (χ3n) is 2.58. The van der Waals surface area contributed by atoms with Crippen molar-refractivity contribution in [2.24, 2.45) is 16.5 Å². The van der Waals surface area contributed by atoms with Crippen molar-refractivity contribution >= 4 is 34.0 Å². The quantitative estimate of drug-likeness (QED) is 0.584. The Morgan fingerprint density at radius 2 is 2.00 bits per heavy atom. The number of thiazole rings is 1. The predicted octanol–water partition coefficient (Wildman–Crippen LogP) is 2.09. The molecule has 0 radical (unpaired) electrons. The number of aliphatic imine (C=N–C) groups is 1. The van der Waals surface area contributed by atoms with Gasteiger partial charge in [0, 0.05) is 11.4 Å². The van der Waals surface area contributed by atoms with Crippen molar-refractivity contribution in [3.8, 4) is 28.5 Å². The van der Waals surface area contributed by atoms with Gasteiger partial charge in [-0.25, -0.2) is 4.98 Å². The van der Waals surface area contributed by atoms with Crippen molar-refractivity contribution in [2.75, 3.05) is 14.2 Å². The van der Waals surface area contributed by atoms with Crippen LogP contribution in [0.1, 0.15) is 0 Å². The van der Waals surface area contributed by atoms with Crippen LogP contribution in [0.2, 0.25) is 5.02 Å². The first kappa shape index (κ1) is 15.2. The Balaban J connectivity index is 2.60. The van der Waals surface area contributed by atoms with Gasteiger partial charge in [0.25, 0.3) is 0 Å². The summed E-state index contributed by atoms with van der Waals surface area (Å²) >= 11 is 7.26. The van der Waals surface area contributed by atoms with Crippen LogP contribution in [-0.4, -0.2) is 30.3 Å². The second-order valence-electron chi connectivity index (χ2n) is 3.87. The zero-order chi connectivity index (χ0) is 15.6. The van der Waals surface area contributed by atoms with Gasteiger partial charge >= 0.3 is 0 Å². The lowest BCUT2D eigenvalue weighted by molar-refractivity contribution is 0.387. The van der Waals surface area contributed by atoms with Crippen molar-refractivity contribution in [2.45, 2.75) is 0 Å². The number of benzene rings is 1. The average molecular weight is 329 g/mol. The summed E-state index contributed by atoms with van der Waals surface area (Å²) < 4.78 is 10.3. The molecule has 5 N–H and O–H groups in total. The van der Waals surface area contributed by atoms with E-state index in [9.17, 15) is 5.11 Å². The fourth-order valence-electron chi connectivity index (χ4n) is 1.70. The standard InChI is InChI=1S/C12H13ClN4O3S/c1-19-6-3-7(20-2)9(13)10(18)8(6)5-4-21-12(16-5)17-11(14)15/h3-4,18H,1-2H3,(H4,14,15,16,17). The fourth-order valence-corrected chi connectivity index (χ4v) is 2.62. The van der Waals surface area contributed by atoms with E-state index in [0.717, 1.165) is 0 Å². The van der Waals surface area contributed by atoms with Crippen LogP contribution >= 0.6 is 22.9 Å². The highest BCUT2D eigenvalue weighted by Crippen LogP contribution is 2.47. The lowest BCUT2D eigenvalue weighted by Crippen LogP contribution is -2.21. The number of aromatic hydroxyl groups is 1. The van der Waals surface area contributed by atoms with Crippen LogP contribution in [-0.2, 0) is 0 Å². The lowest BCUT2D eigenvalue weighted by Gasteiger charge is -2.13. The number of nitrogens with two attached hydrogens (primary N) is 2. The number of guanidine groups is 1. The van der Waals surface area contributed by atoms with Crippen LogP contribution in [0.3, 0.4) is 0 Å². The minimum atomic E-state index is -0.186. The van der Waals surface area contributed by atoms with Crippen molar-refractivity contribution in [3.05, 3.63) is 16.5 Å². The van der Waals surface area contributed by atoms with Gasteiger partial charge in [0.15, 0.2) is 11.7 Å². The molecule has 0 amide bonds. The summed E-state index contributed by atoms with van der Waals surface area (Å²) in [6, 6.07) is 1.57. The first-order valence-electron chi connectivity index (χ1n) is 5.66. The topological polar surface area (TPSA) is 116 Å². The zero-order valence-corrected chi connectivity index (χ0v) is 12.8. The number of halogens is 1. The summed E-state index contributed by atoms with van der Waals surface area (Å²) in [6.45, 7) is 0. The summed E-state index contributed by atoms with van der Waals surface area (Å²) in [5, 5.41) is 12.4. The van der Waals surface area contributed by atoms with E-state index in [1.54, 1.807) is 11.4 Å². The zero-order valence-electron chi connectivity index (χ0n) is 11.3. The second-order valence-corrected chi connectivity index (χ2v) is 5.09. The molecular weight excluding hydrogens is 316 g/mol. The largest absolute Gasteiger partial charge is 0.505 e. The number of phenols is 1. The van der Waals surface area contributed by atoms with Gasteiger partial charge in [-0.3, -0.25) is 0 Å². The molecule has 0 spiro atoms. The third kappa shape index (κ3) is 2.96. The number of phenolic OH excluding ortho intramolecular Hbond substituents is 1. The predicted molar refractivity (Wildman–Crippen MR) is 82.8 cm³/mol.